The molecule has 5 nitrogen and oxygen atoms in total. The Balaban J connectivity index is 2.65. The van der Waals surface area contributed by atoms with Gasteiger partial charge in [0.2, 0.25) is 0 Å². The van der Waals surface area contributed by atoms with Gasteiger partial charge in [-0.3, -0.25) is 0 Å². The van der Waals surface area contributed by atoms with E-state index in [4.69, 9.17) is 0 Å². The largest absolute Gasteiger partial charge is 0.241 e. The molecule has 1 rings (SSSR count). The quantitative estimate of drug-likeness (QED) is 0.580. The second-order valence-electron chi connectivity index (χ2n) is 1.72. The first-order valence-electron chi connectivity index (χ1n) is 2.67. The molecular weight excluding hydrogens is 118 g/mol. The van der Waals surface area contributed by atoms with Crippen molar-refractivity contribution in [1.29, 1.82) is 0 Å². The van der Waals surface area contributed by atoms with Crippen LogP contribution in [0, 0.1) is 0 Å². The highest BCUT2D eigenvalue weighted by molar-refractivity contribution is 4.83. The molecule has 0 aliphatic carbocycles. The summed E-state index contributed by atoms with van der Waals surface area (Å²) in [7, 11) is 1.73. The predicted octanol–water partition coefficient (Wildman–Crippen LogP) is -0.505. The molecule has 1 radical (unpaired) electrons. The van der Waals surface area contributed by atoms with E-state index in [1.807, 2.05) is 6.92 Å². The van der Waals surface area contributed by atoms with Crippen LogP contribution in [0.2, 0.25) is 0 Å². The average molecular weight is 126 g/mol. The van der Waals surface area contributed by atoms with Gasteiger partial charge in [0, 0.05) is 7.05 Å². The van der Waals surface area contributed by atoms with Crippen molar-refractivity contribution in [1.82, 2.24) is 25.9 Å². The second kappa shape index (κ2) is 2.54. The molecule has 0 bridgehead atoms. The van der Waals surface area contributed by atoms with Gasteiger partial charge in [-0.1, -0.05) is 0 Å². The van der Waals surface area contributed by atoms with Crippen LogP contribution in [0.3, 0.4) is 0 Å². The highest BCUT2D eigenvalue weighted by Gasteiger charge is 2.05. The van der Waals surface area contributed by atoms with E-state index in [1.54, 1.807) is 7.05 Å². The molecule has 1 unspecified atom stereocenters. The number of H-pyrrole nitrogens is 1. The number of nitrogens with zero attached hydrogens (tertiary/aromatic N) is 4. The van der Waals surface area contributed by atoms with E-state index in [0.29, 0.717) is 5.82 Å². The van der Waals surface area contributed by atoms with Crippen LogP contribution in [0.5, 0.6) is 0 Å². The molecule has 0 spiro atoms. The number of aromatic nitrogens is 4. The number of nitrogens with one attached hydrogen (secondary N) is 1. The van der Waals surface area contributed by atoms with Gasteiger partial charge in [0.05, 0.1) is 6.04 Å². The fourth-order valence-electron chi connectivity index (χ4n) is 0.466. The summed E-state index contributed by atoms with van der Waals surface area (Å²) < 4.78 is 0. The molecule has 0 aliphatic rings. The van der Waals surface area contributed by atoms with E-state index in [1.165, 1.54) is 0 Å². The number of tetrazole rings is 1. The van der Waals surface area contributed by atoms with Crippen LogP contribution in [-0.2, 0) is 0 Å². The van der Waals surface area contributed by atoms with E-state index in [2.05, 4.69) is 25.9 Å². The highest BCUT2D eigenvalue weighted by Crippen LogP contribution is 2.01. The zero-order valence-electron chi connectivity index (χ0n) is 5.37. The molecule has 1 heterocycles. The zero-order chi connectivity index (χ0) is 6.69. The lowest BCUT2D eigenvalue weighted by molar-refractivity contribution is 0.600. The van der Waals surface area contributed by atoms with Crippen LogP contribution in [-0.4, -0.2) is 27.7 Å². The summed E-state index contributed by atoms with van der Waals surface area (Å²) >= 11 is 0. The lowest BCUT2D eigenvalue weighted by Crippen LogP contribution is -2.06. The Morgan fingerprint density at radius 2 is 2.44 bits per heavy atom. The maximum Gasteiger partial charge on any atom is 0.166 e. The molecule has 9 heavy (non-hydrogen) atoms. The Kier molecular flexibility index (Phi) is 1.74. The van der Waals surface area contributed by atoms with Gasteiger partial charge in [0.15, 0.2) is 5.82 Å². The molecule has 0 saturated heterocycles. The Labute approximate surface area is 52.8 Å². The Morgan fingerprint density at radius 1 is 1.67 bits per heavy atom. The monoisotopic (exact) mass is 126 g/mol. The van der Waals surface area contributed by atoms with Gasteiger partial charge >= 0.3 is 0 Å². The Morgan fingerprint density at radius 3 is 2.89 bits per heavy atom. The molecule has 1 N–H and O–H groups in total. The van der Waals surface area contributed by atoms with Crippen LogP contribution in [0.1, 0.15) is 18.8 Å². The molecule has 1 aromatic rings. The molecule has 0 aromatic carbocycles. The fraction of sp³-hybridized carbons (Fsp3) is 0.750. The van der Waals surface area contributed by atoms with Crippen LogP contribution in [0.15, 0.2) is 0 Å². The second-order valence-corrected chi connectivity index (χ2v) is 1.72. The van der Waals surface area contributed by atoms with Gasteiger partial charge in [-0.05, 0) is 17.4 Å². The van der Waals surface area contributed by atoms with E-state index in [9.17, 15) is 0 Å². The van der Waals surface area contributed by atoms with Crippen molar-refractivity contribution in [2.45, 2.75) is 13.0 Å². The predicted molar refractivity (Wildman–Crippen MR) is 30.7 cm³/mol. The minimum atomic E-state index is 0.0694. The summed E-state index contributed by atoms with van der Waals surface area (Å²) in [6.45, 7) is 1.92. The smallest absolute Gasteiger partial charge is 0.166 e. The van der Waals surface area contributed by atoms with E-state index < -0.39 is 0 Å². The highest BCUT2D eigenvalue weighted by atomic mass is 15.5. The number of hydrogen-bond acceptors (Lipinski definition) is 3. The van der Waals surface area contributed by atoms with Crippen molar-refractivity contribution in [3.63, 3.8) is 0 Å². The standard InChI is InChI=1S/C4H8N5/c1-3(5-2)4-6-8-9-7-4/h3H,1-2H3,(H,6,7,8,9). The lowest BCUT2D eigenvalue weighted by atomic mass is 10.3. The first kappa shape index (κ1) is 6.15. The number of rotatable bonds is 2. The van der Waals surface area contributed by atoms with Gasteiger partial charge in [-0.15, -0.1) is 5.10 Å². The Hall–Kier alpha value is -0.970. The van der Waals surface area contributed by atoms with Gasteiger partial charge in [-0.25, -0.2) is 10.4 Å². The summed E-state index contributed by atoms with van der Waals surface area (Å²) in [4.78, 5) is 0. The van der Waals surface area contributed by atoms with Crippen LogP contribution < -0.4 is 5.32 Å². The van der Waals surface area contributed by atoms with Gasteiger partial charge in [0.1, 0.15) is 0 Å². The van der Waals surface area contributed by atoms with E-state index >= 15 is 0 Å². The topological polar surface area (TPSA) is 68.6 Å². The van der Waals surface area contributed by atoms with Crippen molar-refractivity contribution in [2.24, 2.45) is 0 Å². The summed E-state index contributed by atoms with van der Waals surface area (Å²) in [6.07, 6.45) is 0. The normalized spacial score (nSPS) is 13.6. The van der Waals surface area contributed by atoms with Crippen molar-refractivity contribution in [3.05, 3.63) is 5.82 Å². The van der Waals surface area contributed by atoms with Crippen LogP contribution >= 0.6 is 0 Å². The molecule has 5 heteroatoms. The Bertz CT molecular complexity index is 157. The fourth-order valence-corrected chi connectivity index (χ4v) is 0.466. The van der Waals surface area contributed by atoms with Gasteiger partial charge in [0.25, 0.3) is 0 Å². The van der Waals surface area contributed by atoms with Crippen molar-refractivity contribution in [3.8, 4) is 0 Å². The SMILES string of the molecule is C[N]C(C)c1nnn[nH]1. The minimum absolute atomic E-state index is 0.0694. The van der Waals surface area contributed by atoms with E-state index in [0.717, 1.165) is 0 Å². The minimum Gasteiger partial charge on any atom is -0.241 e. The molecule has 1 aromatic heterocycles. The molecule has 0 amide bonds. The lowest BCUT2D eigenvalue weighted by Gasteiger charge is -1.99. The molecular formula is C4H8N5. The first-order valence-corrected chi connectivity index (χ1v) is 2.67. The maximum absolute atomic E-state index is 3.96. The van der Waals surface area contributed by atoms with Gasteiger partial charge < -0.3 is 0 Å². The molecule has 1 atom stereocenters. The molecule has 0 aliphatic heterocycles. The maximum atomic E-state index is 3.96. The molecule has 49 valence electrons. The summed E-state index contributed by atoms with van der Waals surface area (Å²) in [5.74, 6) is 0.706. The third-order valence-corrected chi connectivity index (χ3v) is 1.14. The zero-order valence-corrected chi connectivity index (χ0v) is 5.37. The average Bonchev–Trinajstić information content (AvgIpc) is 2.37. The third-order valence-electron chi connectivity index (χ3n) is 1.14. The summed E-state index contributed by atoms with van der Waals surface area (Å²) in [6, 6.07) is 0.0694. The van der Waals surface area contributed by atoms with Crippen LogP contribution in [0.25, 0.3) is 0 Å². The molecule has 0 saturated carbocycles. The van der Waals surface area contributed by atoms with Crippen molar-refractivity contribution < 1.29 is 0 Å². The van der Waals surface area contributed by atoms with Crippen molar-refractivity contribution in [2.75, 3.05) is 7.05 Å². The molecule has 0 fully saturated rings. The summed E-state index contributed by atoms with van der Waals surface area (Å²) in [5.41, 5.74) is 0. The van der Waals surface area contributed by atoms with Crippen LogP contribution in [0.4, 0.5) is 0 Å². The number of aromatic amines is 1. The van der Waals surface area contributed by atoms with E-state index in [-0.39, 0.29) is 6.04 Å². The number of hydrogen-bond donors (Lipinski definition) is 1. The summed E-state index contributed by atoms with van der Waals surface area (Å²) in [5, 5.41) is 17.1. The van der Waals surface area contributed by atoms with Crippen molar-refractivity contribution >= 4 is 0 Å². The third kappa shape index (κ3) is 1.23. The first-order chi connectivity index (χ1) is 4.34. The van der Waals surface area contributed by atoms with Gasteiger partial charge in [-0.2, -0.15) is 0 Å².